The first-order valence-corrected chi connectivity index (χ1v) is 7.73. The lowest BCUT2D eigenvalue weighted by molar-refractivity contribution is 0.320. The molecule has 0 bridgehead atoms. The SMILES string of the molecule is Cl.N#Cc1c(Cl)cccc1S(=O)(=O)N1CCC(N)CC1. The summed E-state index contributed by atoms with van der Waals surface area (Å²) in [6.45, 7) is 0.752. The van der Waals surface area contributed by atoms with Crippen molar-refractivity contribution in [2.75, 3.05) is 13.1 Å². The number of sulfonamides is 1. The lowest BCUT2D eigenvalue weighted by Gasteiger charge is -2.29. The molecule has 110 valence electrons. The Morgan fingerprint density at radius 2 is 1.95 bits per heavy atom. The van der Waals surface area contributed by atoms with Crippen LogP contribution in [0, 0.1) is 11.3 Å². The summed E-state index contributed by atoms with van der Waals surface area (Å²) in [5.41, 5.74) is 5.76. The van der Waals surface area contributed by atoms with Crippen molar-refractivity contribution in [3.8, 4) is 6.07 Å². The monoisotopic (exact) mass is 335 g/mol. The topological polar surface area (TPSA) is 87.2 Å². The highest BCUT2D eigenvalue weighted by Crippen LogP contribution is 2.27. The molecule has 0 atom stereocenters. The molecule has 1 aromatic carbocycles. The van der Waals surface area contributed by atoms with E-state index >= 15 is 0 Å². The van der Waals surface area contributed by atoms with Gasteiger partial charge >= 0.3 is 0 Å². The lowest BCUT2D eigenvalue weighted by atomic mass is 10.1. The molecule has 1 aromatic rings. The largest absolute Gasteiger partial charge is 0.328 e. The van der Waals surface area contributed by atoms with Crippen molar-refractivity contribution in [1.29, 1.82) is 5.26 Å². The number of nitrogens with two attached hydrogens (primary N) is 1. The number of nitrogens with zero attached hydrogens (tertiary/aromatic N) is 2. The van der Waals surface area contributed by atoms with Crippen molar-refractivity contribution >= 4 is 34.0 Å². The van der Waals surface area contributed by atoms with E-state index in [1.165, 1.54) is 22.5 Å². The number of hydrogen-bond acceptors (Lipinski definition) is 4. The van der Waals surface area contributed by atoms with Crippen LogP contribution in [0.1, 0.15) is 18.4 Å². The number of rotatable bonds is 2. The summed E-state index contributed by atoms with van der Waals surface area (Å²) in [4.78, 5) is -0.0297. The third kappa shape index (κ3) is 3.25. The average Bonchev–Trinajstić information content (AvgIpc) is 2.39. The molecule has 20 heavy (non-hydrogen) atoms. The van der Waals surface area contributed by atoms with Crippen LogP contribution >= 0.6 is 24.0 Å². The molecular formula is C12H15Cl2N3O2S. The molecule has 0 amide bonds. The van der Waals surface area contributed by atoms with Crippen LogP contribution in [-0.2, 0) is 10.0 Å². The molecule has 2 rings (SSSR count). The minimum absolute atomic E-state index is 0. The van der Waals surface area contributed by atoms with Crippen molar-refractivity contribution in [3.63, 3.8) is 0 Å². The van der Waals surface area contributed by atoms with E-state index in [1.54, 1.807) is 0 Å². The van der Waals surface area contributed by atoms with E-state index in [0.717, 1.165) is 0 Å². The number of hydrogen-bond donors (Lipinski definition) is 1. The molecule has 1 fully saturated rings. The number of benzene rings is 1. The van der Waals surface area contributed by atoms with Crippen LogP contribution < -0.4 is 5.73 Å². The summed E-state index contributed by atoms with van der Waals surface area (Å²) in [5.74, 6) is 0. The number of nitriles is 1. The molecule has 0 aliphatic carbocycles. The molecule has 1 saturated heterocycles. The lowest BCUT2D eigenvalue weighted by Crippen LogP contribution is -2.42. The first kappa shape index (κ1) is 17.2. The Labute approximate surface area is 129 Å². The molecular weight excluding hydrogens is 321 g/mol. The second-order valence-electron chi connectivity index (χ2n) is 4.47. The van der Waals surface area contributed by atoms with E-state index < -0.39 is 10.0 Å². The minimum Gasteiger partial charge on any atom is -0.328 e. The van der Waals surface area contributed by atoms with Gasteiger partial charge in [0.1, 0.15) is 11.0 Å². The van der Waals surface area contributed by atoms with Gasteiger partial charge in [-0.05, 0) is 25.0 Å². The molecule has 0 aromatic heterocycles. The smallest absolute Gasteiger partial charge is 0.244 e. The van der Waals surface area contributed by atoms with Gasteiger partial charge in [-0.25, -0.2) is 8.42 Å². The predicted molar refractivity (Wildman–Crippen MR) is 79.4 cm³/mol. The van der Waals surface area contributed by atoms with Gasteiger partial charge in [-0.2, -0.15) is 9.57 Å². The Hall–Kier alpha value is -0.840. The summed E-state index contributed by atoms with van der Waals surface area (Å²) >= 11 is 5.87. The van der Waals surface area contributed by atoms with Gasteiger partial charge in [0.05, 0.1) is 10.6 Å². The van der Waals surface area contributed by atoms with Gasteiger partial charge in [-0.15, -0.1) is 12.4 Å². The molecule has 0 unspecified atom stereocenters. The highest BCUT2D eigenvalue weighted by atomic mass is 35.5. The van der Waals surface area contributed by atoms with Gasteiger partial charge in [0.2, 0.25) is 10.0 Å². The van der Waals surface area contributed by atoms with Crippen LogP contribution in [0.5, 0.6) is 0 Å². The summed E-state index contributed by atoms with van der Waals surface area (Å²) < 4.78 is 26.4. The third-order valence-corrected chi connectivity index (χ3v) is 5.46. The van der Waals surface area contributed by atoms with Crippen LogP contribution in [-0.4, -0.2) is 31.9 Å². The van der Waals surface area contributed by atoms with Crippen molar-refractivity contribution in [3.05, 3.63) is 28.8 Å². The summed E-state index contributed by atoms with van der Waals surface area (Å²) in [6.07, 6.45) is 1.25. The first-order valence-electron chi connectivity index (χ1n) is 5.91. The zero-order valence-electron chi connectivity index (χ0n) is 10.6. The molecule has 2 N–H and O–H groups in total. The van der Waals surface area contributed by atoms with Gasteiger partial charge in [0, 0.05) is 19.1 Å². The van der Waals surface area contributed by atoms with Crippen molar-refractivity contribution in [2.24, 2.45) is 5.73 Å². The molecule has 8 heteroatoms. The third-order valence-electron chi connectivity index (χ3n) is 3.20. The second-order valence-corrected chi connectivity index (χ2v) is 6.78. The zero-order valence-corrected chi connectivity index (χ0v) is 13.0. The van der Waals surface area contributed by atoms with Gasteiger partial charge in [0.25, 0.3) is 0 Å². The Balaban J connectivity index is 0.00000200. The fourth-order valence-electron chi connectivity index (χ4n) is 2.08. The van der Waals surface area contributed by atoms with E-state index in [1.807, 2.05) is 6.07 Å². The predicted octanol–water partition coefficient (Wildman–Crippen LogP) is 1.75. The van der Waals surface area contributed by atoms with E-state index in [-0.39, 0.29) is 33.9 Å². The molecule has 0 radical (unpaired) electrons. The van der Waals surface area contributed by atoms with Gasteiger partial charge in [-0.1, -0.05) is 17.7 Å². The van der Waals surface area contributed by atoms with Crippen LogP contribution in [0.2, 0.25) is 5.02 Å². The zero-order chi connectivity index (χ0) is 14.0. The van der Waals surface area contributed by atoms with E-state index in [4.69, 9.17) is 22.6 Å². The minimum atomic E-state index is -3.68. The molecule has 1 aliphatic rings. The molecule has 1 aliphatic heterocycles. The van der Waals surface area contributed by atoms with Crippen LogP contribution in [0.15, 0.2) is 23.1 Å². The standard InChI is InChI=1S/C12H14ClN3O2S.ClH/c13-11-2-1-3-12(10(11)8-14)19(17,18)16-6-4-9(15)5-7-16;/h1-3,9H,4-7,15H2;1H. The van der Waals surface area contributed by atoms with E-state index in [9.17, 15) is 8.42 Å². The molecule has 1 heterocycles. The van der Waals surface area contributed by atoms with Crippen LogP contribution in [0.25, 0.3) is 0 Å². The number of halogens is 2. The van der Waals surface area contributed by atoms with Crippen LogP contribution in [0.3, 0.4) is 0 Å². The maximum atomic E-state index is 12.5. The van der Waals surface area contributed by atoms with E-state index in [2.05, 4.69) is 0 Å². The Morgan fingerprint density at radius 3 is 2.50 bits per heavy atom. The highest BCUT2D eigenvalue weighted by Gasteiger charge is 2.30. The van der Waals surface area contributed by atoms with Crippen LogP contribution in [0.4, 0.5) is 0 Å². The molecule has 0 saturated carbocycles. The summed E-state index contributed by atoms with van der Waals surface area (Å²) in [6, 6.07) is 6.35. The van der Waals surface area contributed by atoms with Gasteiger partial charge < -0.3 is 5.73 Å². The fraction of sp³-hybridized carbons (Fsp3) is 0.417. The summed E-state index contributed by atoms with van der Waals surface area (Å²) in [7, 11) is -3.68. The molecule has 5 nitrogen and oxygen atoms in total. The van der Waals surface area contributed by atoms with Crippen molar-refractivity contribution in [1.82, 2.24) is 4.31 Å². The Morgan fingerprint density at radius 1 is 1.35 bits per heavy atom. The maximum absolute atomic E-state index is 12.5. The first-order chi connectivity index (χ1) is 8.96. The Bertz CT molecular complexity index is 620. The molecule has 0 spiro atoms. The average molecular weight is 336 g/mol. The van der Waals surface area contributed by atoms with Crippen molar-refractivity contribution < 1.29 is 8.42 Å². The van der Waals surface area contributed by atoms with E-state index in [0.29, 0.717) is 25.9 Å². The van der Waals surface area contributed by atoms with Gasteiger partial charge in [0.15, 0.2) is 0 Å². The second kappa shape index (κ2) is 6.74. The number of piperidine rings is 1. The highest BCUT2D eigenvalue weighted by molar-refractivity contribution is 7.89. The summed E-state index contributed by atoms with van der Waals surface area (Å²) in [5, 5.41) is 9.22. The normalized spacial score (nSPS) is 17.2. The maximum Gasteiger partial charge on any atom is 0.244 e. The van der Waals surface area contributed by atoms with Gasteiger partial charge in [-0.3, -0.25) is 0 Å². The fourth-order valence-corrected chi connectivity index (χ4v) is 3.99. The quantitative estimate of drug-likeness (QED) is 0.891. The Kier molecular flexibility index (Phi) is 5.80. The van der Waals surface area contributed by atoms with Crippen molar-refractivity contribution in [2.45, 2.75) is 23.8 Å².